The highest BCUT2D eigenvalue weighted by Crippen LogP contribution is 2.33. The van der Waals surface area contributed by atoms with E-state index in [1.807, 2.05) is 36.4 Å². The van der Waals surface area contributed by atoms with Crippen molar-refractivity contribution in [1.29, 1.82) is 5.26 Å². The zero-order valence-corrected chi connectivity index (χ0v) is 18.3. The molecule has 1 atom stereocenters. The van der Waals surface area contributed by atoms with Gasteiger partial charge in [-0.05, 0) is 54.6 Å². The number of carbonyl (C=O) groups excluding carboxylic acids is 1. The highest BCUT2D eigenvalue weighted by Gasteiger charge is 2.31. The lowest BCUT2D eigenvalue weighted by molar-refractivity contribution is -0.117. The summed E-state index contributed by atoms with van der Waals surface area (Å²) in [6, 6.07) is 20.1. The summed E-state index contributed by atoms with van der Waals surface area (Å²) in [5.41, 5.74) is 1.46. The minimum absolute atomic E-state index is 0.0468. The van der Waals surface area contributed by atoms with E-state index in [1.165, 1.54) is 0 Å². The first-order valence-electron chi connectivity index (χ1n) is 9.20. The van der Waals surface area contributed by atoms with E-state index in [0.717, 1.165) is 11.3 Å². The van der Waals surface area contributed by atoms with Gasteiger partial charge in [0.25, 0.3) is 5.91 Å². The zero-order valence-electron chi connectivity index (χ0n) is 15.9. The molecule has 4 rings (SSSR count). The molecule has 0 radical (unpaired) electrons. The number of hydrogen-bond donors (Lipinski definition) is 2. The van der Waals surface area contributed by atoms with Gasteiger partial charge in [-0.15, -0.1) is 12.6 Å². The third-order valence-electron chi connectivity index (χ3n) is 4.65. The minimum atomic E-state index is -0.563. The van der Waals surface area contributed by atoms with Crippen LogP contribution in [0.1, 0.15) is 5.76 Å². The monoisotopic (exact) mass is 467 g/mol. The van der Waals surface area contributed by atoms with E-state index in [1.54, 1.807) is 47.4 Å². The third kappa shape index (κ3) is 4.35. The van der Waals surface area contributed by atoms with Gasteiger partial charge in [0.15, 0.2) is 0 Å². The molecular weight excluding hydrogens is 453 g/mol. The summed E-state index contributed by atoms with van der Waals surface area (Å²) >= 11 is 16.7. The van der Waals surface area contributed by atoms with Crippen molar-refractivity contribution < 1.29 is 9.21 Å². The number of hydrogen-bond acceptors (Lipinski definition) is 5. The molecule has 0 unspecified atom stereocenters. The van der Waals surface area contributed by atoms with E-state index in [-0.39, 0.29) is 10.6 Å². The molecule has 154 valence electrons. The molecule has 2 aromatic carbocycles. The van der Waals surface area contributed by atoms with Gasteiger partial charge in [0, 0.05) is 16.3 Å². The number of para-hydroxylation sites is 1. The number of benzene rings is 2. The Bertz CT molecular complexity index is 1250. The number of thiol groups is 1. The number of anilines is 1. The topological polar surface area (TPSA) is 69.3 Å². The fourth-order valence-corrected chi connectivity index (χ4v) is 4.09. The molecule has 0 spiro atoms. The first-order chi connectivity index (χ1) is 15.0. The second-order valence-electron chi connectivity index (χ2n) is 6.62. The molecule has 1 amide bonds. The van der Waals surface area contributed by atoms with E-state index in [9.17, 15) is 10.1 Å². The summed E-state index contributed by atoms with van der Waals surface area (Å²) in [4.78, 5) is 14.1. The van der Waals surface area contributed by atoms with Gasteiger partial charge < -0.3 is 14.6 Å². The van der Waals surface area contributed by atoms with Gasteiger partial charge >= 0.3 is 0 Å². The Morgan fingerprint density at radius 2 is 1.90 bits per heavy atom. The van der Waals surface area contributed by atoms with E-state index in [2.05, 4.69) is 17.9 Å². The van der Waals surface area contributed by atoms with Crippen LogP contribution in [-0.4, -0.2) is 12.1 Å². The predicted molar refractivity (Wildman–Crippen MR) is 126 cm³/mol. The summed E-state index contributed by atoms with van der Waals surface area (Å²) < 4.78 is 5.89. The van der Waals surface area contributed by atoms with Crippen molar-refractivity contribution in [3.8, 4) is 17.4 Å². The van der Waals surface area contributed by atoms with Gasteiger partial charge in [-0.25, -0.2) is 0 Å². The quantitative estimate of drug-likeness (QED) is 0.469. The fraction of sp³-hybridized carbons (Fsp3) is 0.0435. The number of nitriles is 1. The molecule has 0 saturated heterocycles. The molecule has 1 aliphatic rings. The summed E-state index contributed by atoms with van der Waals surface area (Å²) in [6.07, 6.45) is 2.95. The zero-order chi connectivity index (χ0) is 22.0. The molecule has 3 aromatic rings. The average molecular weight is 468 g/mol. The van der Waals surface area contributed by atoms with Crippen LogP contribution in [0.15, 0.2) is 81.8 Å². The summed E-state index contributed by atoms with van der Waals surface area (Å²) in [5, 5.41) is 13.5. The maximum absolute atomic E-state index is 12.3. The van der Waals surface area contributed by atoms with Gasteiger partial charge in [0.2, 0.25) is 0 Å². The molecule has 5 nitrogen and oxygen atoms in total. The molecule has 0 aliphatic carbocycles. The highest BCUT2D eigenvalue weighted by molar-refractivity contribution is 7.84. The van der Waals surface area contributed by atoms with Gasteiger partial charge in [0.1, 0.15) is 29.3 Å². The number of nitrogens with zero attached hydrogens (tertiary/aromatic N) is 2. The lowest BCUT2D eigenvalue weighted by Gasteiger charge is -2.36. The maximum atomic E-state index is 12.3. The van der Waals surface area contributed by atoms with Crippen LogP contribution in [0.3, 0.4) is 0 Å². The third-order valence-corrected chi connectivity index (χ3v) is 5.64. The van der Waals surface area contributed by atoms with Crippen LogP contribution in [0.5, 0.6) is 0 Å². The number of furan rings is 1. The van der Waals surface area contributed by atoms with Crippen molar-refractivity contribution in [2.24, 2.45) is 0 Å². The Kier molecular flexibility index (Phi) is 6.10. The van der Waals surface area contributed by atoms with Crippen LogP contribution >= 0.6 is 35.8 Å². The maximum Gasteiger partial charge on any atom is 0.266 e. The Labute approximate surface area is 194 Å². The number of rotatable bonds is 4. The second kappa shape index (κ2) is 8.94. The van der Waals surface area contributed by atoms with Crippen LogP contribution in [0, 0.1) is 11.3 Å². The molecule has 8 heteroatoms. The molecule has 2 heterocycles. The van der Waals surface area contributed by atoms with Gasteiger partial charge in [-0.2, -0.15) is 5.26 Å². The van der Waals surface area contributed by atoms with Crippen molar-refractivity contribution in [2.45, 2.75) is 6.17 Å². The number of amides is 1. The van der Waals surface area contributed by atoms with Crippen molar-refractivity contribution in [1.82, 2.24) is 5.32 Å². The lowest BCUT2D eigenvalue weighted by atomic mass is 10.1. The largest absolute Gasteiger partial charge is 0.457 e. The first kappa shape index (κ1) is 21.1. The summed E-state index contributed by atoms with van der Waals surface area (Å²) in [6.45, 7) is 0. The first-order valence-corrected chi connectivity index (χ1v) is 10.4. The number of halogens is 2. The van der Waals surface area contributed by atoms with Crippen LogP contribution in [-0.2, 0) is 4.79 Å². The van der Waals surface area contributed by atoms with Gasteiger partial charge in [0.05, 0.1) is 10.1 Å². The standard InChI is InChI=1S/C23H15Cl2N3O2S/c24-14-6-9-17(19(25)12-14)20-10-7-16(30-20)8-11-21-27-22(29)18(13-26)23(31)28(21)15-4-2-1-3-5-15/h1-12,21,31H,(H,27,29)/b11-8+/t21-/m0/s1. The van der Waals surface area contributed by atoms with Crippen molar-refractivity contribution in [3.63, 3.8) is 0 Å². The predicted octanol–water partition coefficient (Wildman–Crippen LogP) is 5.89. The Balaban J connectivity index is 1.65. The molecule has 31 heavy (non-hydrogen) atoms. The molecule has 0 saturated carbocycles. The number of carbonyl (C=O) groups is 1. The van der Waals surface area contributed by atoms with Crippen LogP contribution < -0.4 is 10.2 Å². The molecule has 0 fully saturated rings. The van der Waals surface area contributed by atoms with Crippen LogP contribution in [0.2, 0.25) is 10.0 Å². The molecular formula is C23H15Cl2N3O2S. The Morgan fingerprint density at radius 1 is 1.13 bits per heavy atom. The number of nitrogens with one attached hydrogen (secondary N) is 1. The normalized spacial score (nSPS) is 16.5. The second-order valence-corrected chi connectivity index (χ2v) is 7.89. The lowest BCUT2D eigenvalue weighted by Crippen LogP contribution is -2.51. The van der Waals surface area contributed by atoms with Crippen LogP contribution in [0.25, 0.3) is 17.4 Å². The molecule has 1 aliphatic heterocycles. The molecule has 0 bridgehead atoms. The van der Waals surface area contributed by atoms with Crippen molar-refractivity contribution in [2.75, 3.05) is 4.90 Å². The van der Waals surface area contributed by atoms with Gasteiger partial charge in [-0.1, -0.05) is 41.4 Å². The molecule has 1 N–H and O–H groups in total. The molecule has 1 aromatic heterocycles. The van der Waals surface area contributed by atoms with E-state index < -0.39 is 12.1 Å². The van der Waals surface area contributed by atoms with Crippen LogP contribution in [0.4, 0.5) is 5.69 Å². The smallest absolute Gasteiger partial charge is 0.266 e. The average Bonchev–Trinajstić information content (AvgIpc) is 3.21. The SMILES string of the molecule is N#CC1=C(S)N(c2ccccc2)[C@@H](/C=C/c2ccc(-c3ccc(Cl)cc3Cl)o2)NC1=O. The van der Waals surface area contributed by atoms with Crippen molar-refractivity contribution >= 4 is 53.5 Å². The van der Waals surface area contributed by atoms with E-state index in [4.69, 9.17) is 27.6 Å². The highest BCUT2D eigenvalue weighted by atomic mass is 35.5. The van der Waals surface area contributed by atoms with Gasteiger partial charge in [-0.3, -0.25) is 4.79 Å². The van der Waals surface area contributed by atoms with Crippen molar-refractivity contribution in [3.05, 3.63) is 93.1 Å². The van der Waals surface area contributed by atoms with E-state index in [0.29, 0.717) is 21.6 Å². The Morgan fingerprint density at radius 3 is 2.61 bits per heavy atom. The van der Waals surface area contributed by atoms with E-state index >= 15 is 0 Å². The minimum Gasteiger partial charge on any atom is -0.457 e. The fourth-order valence-electron chi connectivity index (χ4n) is 3.19. The summed E-state index contributed by atoms with van der Waals surface area (Å²) in [7, 11) is 0. The summed E-state index contributed by atoms with van der Waals surface area (Å²) in [5.74, 6) is 0.678. The Hall–Kier alpha value is -3.11.